The van der Waals surface area contributed by atoms with Crippen LogP contribution in [0.15, 0.2) is 0 Å². The van der Waals surface area contributed by atoms with E-state index in [1.807, 2.05) is 13.8 Å². The first-order valence-electron chi connectivity index (χ1n) is 4.77. The van der Waals surface area contributed by atoms with E-state index < -0.39 is 22.8 Å². The van der Waals surface area contributed by atoms with Crippen molar-refractivity contribution < 1.29 is 19.8 Å². The van der Waals surface area contributed by atoms with Gasteiger partial charge in [0.15, 0.2) is 0 Å². The fourth-order valence-electron chi connectivity index (χ4n) is 2.47. The van der Waals surface area contributed by atoms with Gasteiger partial charge in [-0.05, 0) is 18.3 Å². The lowest BCUT2D eigenvalue weighted by atomic mass is 9.66. The third-order valence-corrected chi connectivity index (χ3v) is 3.56. The zero-order valence-corrected chi connectivity index (χ0v) is 8.54. The Morgan fingerprint density at radius 3 is 2.07 bits per heavy atom. The highest BCUT2D eigenvalue weighted by atomic mass is 16.4. The maximum atomic E-state index is 11.2. The van der Waals surface area contributed by atoms with Crippen molar-refractivity contribution in [2.75, 3.05) is 0 Å². The second-order valence-corrected chi connectivity index (χ2v) is 4.70. The minimum atomic E-state index is -1.07. The second kappa shape index (κ2) is 3.26. The number of carboxylic acids is 2. The normalized spacial score (nSPS) is 30.1. The number of aliphatic carboxylic acids is 2. The number of rotatable bonds is 3. The third kappa shape index (κ3) is 1.49. The molecule has 1 aliphatic rings. The van der Waals surface area contributed by atoms with Crippen molar-refractivity contribution in [1.82, 2.24) is 0 Å². The van der Waals surface area contributed by atoms with Crippen LogP contribution in [0.4, 0.5) is 0 Å². The van der Waals surface area contributed by atoms with E-state index in [9.17, 15) is 14.7 Å². The largest absolute Gasteiger partial charge is 0.481 e. The molecule has 0 heterocycles. The molecule has 4 nitrogen and oxygen atoms in total. The van der Waals surface area contributed by atoms with E-state index in [0.717, 1.165) is 12.8 Å². The predicted molar refractivity (Wildman–Crippen MR) is 50.0 cm³/mol. The minimum Gasteiger partial charge on any atom is -0.481 e. The van der Waals surface area contributed by atoms with Gasteiger partial charge in [0.2, 0.25) is 0 Å². The van der Waals surface area contributed by atoms with E-state index in [4.69, 9.17) is 5.11 Å². The van der Waals surface area contributed by atoms with E-state index in [1.165, 1.54) is 0 Å². The molecule has 4 heteroatoms. The molecule has 1 atom stereocenters. The fraction of sp³-hybridized carbons (Fsp3) is 0.800. The van der Waals surface area contributed by atoms with Gasteiger partial charge in [0, 0.05) is 0 Å². The maximum absolute atomic E-state index is 11.2. The highest BCUT2D eigenvalue weighted by Crippen LogP contribution is 2.54. The highest BCUT2D eigenvalue weighted by Gasteiger charge is 2.55. The van der Waals surface area contributed by atoms with E-state index >= 15 is 0 Å². The summed E-state index contributed by atoms with van der Waals surface area (Å²) in [6, 6.07) is 0. The summed E-state index contributed by atoms with van der Waals surface area (Å²) in [4.78, 5) is 21.9. The molecule has 1 rings (SSSR count). The Balaban J connectivity index is 3.04. The number of hydrogen-bond donors (Lipinski definition) is 2. The van der Waals surface area contributed by atoms with Crippen molar-refractivity contribution in [3.63, 3.8) is 0 Å². The summed E-state index contributed by atoms with van der Waals surface area (Å²) in [6.07, 6.45) is 1.79. The Morgan fingerprint density at radius 2 is 1.79 bits per heavy atom. The second-order valence-electron chi connectivity index (χ2n) is 4.70. The van der Waals surface area contributed by atoms with Gasteiger partial charge in [0.25, 0.3) is 0 Å². The van der Waals surface area contributed by atoms with Crippen LogP contribution >= 0.6 is 0 Å². The monoisotopic (exact) mass is 200 g/mol. The summed E-state index contributed by atoms with van der Waals surface area (Å²) in [5, 5.41) is 17.9. The molecule has 0 aromatic rings. The van der Waals surface area contributed by atoms with Crippen LogP contribution in [-0.4, -0.2) is 22.2 Å². The summed E-state index contributed by atoms with van der Waals surface area (Å²) in [5.41, 5.74) is -1.49. The first-order valence-corrected chi connectivity index (χ1v) is 4.77. The van der Waals surface area contributed by atoms with Gasteiger partial charge < -0.3 is 10.2 Å². The Bertz CT molecular complexity index is 269. The molecule has 2 N–H and O–H groups in total. The summed E-state index contributed by atoms with van der Waals surface area (Å²) in [5.74, 6) is -2.00. The van der Waals surface area contributed by atoms with Crippen LogP contribution in [0, 0.1) is 10.8 Å². The summed E-state index contributed by atoms with van der Waals surface area (Å²) in [6.45, 7) is 3.69. The van der Waals surface area contributed by atoms with E-state index in [-0.39, 0.29) is 6.42 Å². The molecule has 0 spiro atoms. The Labute approximate surface area is 82.9 Å². The molecule has 0 radical (unpaired) electrons. The molecule has 0 aromatic carbocycles. The van der Waals surface area contributed by atoms with Crippen LogP contribution in [0.3, 0.4) is 0 Å². The lowest BCUT2D eigenvalue weighted by molar-refractivity contribution is -0.162. The molecule has 1 fully saturated rings. The summed E-state index contributed by atoms with van der Waals surface area (Å²) in [7, 11) is 0. The Hall–Kier alpha value is -1.06. The average molecular weight is 200 g/mol. The molecule has 14 heavy (non-hydrogen) atoms. The Kier molecular flexibility index (Phi) is 2.56. The standard InChI is InChI=1S/C10H16O4/c1-9(2)4-3-5-10(9,8(13)14)6-7(11)12/h3-6H2,1-2H3,(H,11,12)(H,13,14). The van der Waals surface area contributed by atoms with E-state index in [1.54, 1.807) is 0 Å². The van der Waals surface area contributed by atoms with Gasteiger partial charge in [-0.3, -0.25) is 9.59 Å². The maximum Gasteiger partial charge on any atom is 0.310 e. The van der Waals surface area contributed by atoms with Crippen LogP contribution in [0.1, 0.15) is 39.5 Å². The zero-order valence-electron chi connectivity index (χ0n) is 8.54. The van der Waals surface area contributed by atoms with Gasteiger partial charge in [-0.1, -0.05) is 20.3 Å². The molecule has 0 aromatic heterocycles. The molecular weight excluding hydrogens is 184 g/mol. The molecule has 0 aliphatic heterocycles. The van der Waals surface area contributed by atoms with Gasteiger partial charge in [0.05, 0.1) is 11.8 Å². The fourth-order valence-corrected chi connectivity index (χ4v) is 2.47. The van der Waals surface area contributed by atoms with Gasteiger partial charge in [-0.2, -0.15) is 0 Å². The van der Waals surface area contributed by atoms with Crippen molar-refractivity contribution >= 4 is 11.9 Å². The van der Waals surface area contributed by atoms with Crippen molar-refractivity contribution in [2.45, 2.75) is 39.5 Å². The molecule has 0 bridgehead atoms. The molecule has 1 aliphatic carbocycles. The van der Waals surface area contributed by atoms with Crippen LogP contribution in [-0.2, 0) is 9.59 Å². The summed E-state index contributed by atoms with van der Waals surface area (Å²) >= 11 is 0. The molecule has 1 unspecified atom stereocenters. The molecule has 1 saturated carbocycles. The molecule has 80 valence electrons. The van der Waals surface area contributed by atoms with Gasteiger partial charge in [-0.15, -0.1) is 0 Å². The molecule has 0 saturated heterocycles. The van der Waals surface area contributed by atoms with Gasteiger partial charge in [-0.25, -0.2) is 0 Å². The lowest BCUT2D eigenvalue weighted by Crippen LogP contribution is -2.42. The van der Waals surface area contributed by atoms with Crippen molar-refractivity contribution in [1.29, 1.82) is 0 Å². The van der Waals surface area contributed by atoms with Crippen LogP contribution < -0.4 is 0 Å². The van der Waals surface area contributed by atoms with Crippen LogP contribution in [0.2, 0.25) is 0 Å². The predicted octanol–water partition coefficient (Wildman–Crippen LogP) is 1.74. The van der Waals surface area contributed by atoms with Gasteiger partial charge in [0.1, 0.15) is 0 Å². The molecular formula is C10H16O4. The Morgan fingerprint density at radius 1 is 1.21 bits per heavy atom. The first-order chi connectivity index (χ1) is 6.32. The van der Waals surface area contributed by atoms with E-state index in [0.29, 0.717) is 6.42 Å². The minimum absolute atomic E-state index is 0.269. The van der Waals surface area contributed by atoms with Crippen molar-refractivity contribution in [3.05, 3.63) is 0 Å². The summed E-state index contributed by atoms with van der Waals surface area (Å²) < 4.78 is 0. The van der Waals surface area contributed by atoms with Crippen molar-refractivity contribution in [3.8, 4) is 0 Å². The third-order valence-electron chi connectivity index (χ3n) is 3.56. The first kappa shape index (κ1) is 11.0. The van der Waals surface area contributed by atoms with Gasteiger partial charge >= 0.3 is 11.9 Å². The number of hydrogen-bond acceptors (Lipinski definition) is 2. The van der Waals surface area contributed by atoms with Crippen LogP contribution in [0.5, 0.6) is 0 Å². The van der Waals surface area contributed by atoms with Crippen molar-refractivity contribution in [2.24, 2.45) is 10.8 Å². The molecule has 0 amide bonds. The van der Waals surface area contributed by atoms with Crippen LogP contribution in [0.25, 0.3) is 0 Å². The average Bonchev–Trinajstić information content (AvgIpc) is 2.26. The topological polar surface area (TPSA) is 74.6 Å². The lowest BCUT2D eigenvalue weighted by Gasteiger charge is -2.36. The highest BCUT2D eigenvalue weighted by molar-refractivity contribution is 5.82. The zero-order chi connectivity index (χ0) is 11.0. The smallest absolute Gasteiger partial charge is 0.310 e. The number of carboxylic acid groups (broad SMARTS) is 2. The number of carbonyl (C=O) groups is 2. The SMILES string of the molecule is CC1(C)CCCC1(CC(=O)O)C(=O)O. The van der Waals surface area contributed by atoms with E-state index in [2.05, 4.69) is 0 Å². The quantitative estimate of drug-likeness (QED) is 0.727.